The lowest BCUT2D eigenvalue weighted by Gasteiger charge is -2.19. The van der Waals surface area contributed by atoms with Crippen LogP contribution in [0, 0.1) is 0 Å². The second-order valence-corrected chi connectivity index (χ2v) is 3.85. The molecule has 0 saturated carbocycles. The molecule has 0 bridgehead atoms. The normalized spacial score (nSPS) is 12.6. The summed E-state index contributed by atoms with van der Waals surface area (Å²) < 4.78 is 22.1. The SMILES string of the molecule is NC(=S)N(C=Cc1ccccc1)S(=O)[O-]. The lowest BCUT2D eigenvalue weighted by Crippen LogP contribution is -2.32. The van der Waals surface area contributed by atoms with Gasteiger partial charge in [-0.25, -0.2) is 0 Å². The van der Waals surface area contributed by atoms with E-state index in [0.29, 0.717) is 0 Å². The predicted octanol–water partition coefficient (Wildman–Crippen LogP) is 0.997. The van der Waals surface area contributed by atoms with E-state index in [0.717, 1.165) is 9.87 Å². The molecule has 0 spiro atoms. The Hall–Kier alpha value is -1.24. The molecular formula is C9H9N2O2S2-. The quantitative estimate of drug-likeness (QED) is 0.633. The van der Waals surface area contributed by atoms with Crippen molar-refractivity contribution >= 4 is 34.7 Å². The average Bonchev–Trinajstić information content (AvgIpc) is 2.18. The first-order valence-electron chi connectivity index (χ1n) is 4.02. The zero-order valence-corrected chi connectivity index (χ0v) is 9.33. The third-order valence-corrected chi connectivity index (χ3v) is 2.53. The minimum absolute atomic E-state index is 0.212. The summed E-state index contributed by atoms with van der Waals surface area (Å²) >= 11 is 2.09. The van der Waals surface area contributed by atoms with Crippen molar-refractivity contribution in [3.8, 4) is 0 Å². The summed E-state index contributed by atoms with van der Waals surface area (Å²) in [7, 11) is 0. The maximum absolute atomic E-state index is 10.7. The van der Waals surface area contributed by atoms with Gasteiger partial charge in [-0.1, -0.05) is 30.3 Å². The minimum Gasteiger partial charge on any atom is -0.755 e. The zero-order valence-electron chi connectivity index (χ0n) is 7.70. The molecule has 1 atom stereocenters. The van der Waals surface area contributed by atoms with Gasteiger partial charge in [-0.3, -0.25) is 8.51 Å². The van der Waals surface area contributed by atoms with E-state index in [9.17, 15) is 8.76 Å². The second kappa shape index (κ2) is 5.59. The van der Waals surface area contributed by atoms with Gasteiger partial charge in [0.05, 0.1) is 11.3 Å². The van der Waals surface area contributed by atoms with Crippen LogP contribution in [0.15, 0.2) is 36.5 Å². The molecule has 0 aliphatic carbocycles. The van der Waals surface area contributed by atoms with Gasteiger partial charge in [-0.05, 0) is 23.9 Å². The van der Waals surface area contributed by atoms with Crippen LogP contribution in [0.3, 0.4) is 0 Å². The summed E-state index contributed by atoms with van der Waals surface area (Å²) in [4.78, 5) is 0. The molecule has 0 aromatic heterocycles. The fourth-order valence-corrected chi connectivity index (χ4v) is 1.47. The highest BCUT2D eigenvalue weighted by Crippen LogP contribution is 2.03. The maximum Gasteiger partial charge on any atom is 0.181 e. The smallest absolute Gasteiger partial charge is 0.181 e. The Morgan fingerprint density at radius 3 is 2.53 bits per heavy atom. The molecule has 1 aromatic carbocycles. The van der Waals surface area contributed by atoms with Gasteiger partial charge in [0.25, 0.3) is 0 Å². The van der Waals surface area contributed by atoms with E-state index >= 15 is 0 Å². The molecular weight excluding hydrogens is 232 g/mol. The van der Waals surface area contributed by atoms with Gasteiger partial charge in [0.15, 0.2) is 5.11 Å². The molecule has 0 amide bonds. The summed E-state index contributed by atoms with van der Waals surface area (Å²) in [5.41, 5.74) is 6.08. The highest BCUT2D eigenvalue weighted by Gasteiger charge is 2.00. The van der Waals surface area contributed by atoms with Crippen molar-refractivity contribution in [2.24, 2.45) is 5.73 Å². The Morgan fingerprint density at radius 2 is 2.07 bits per heavy atom. The summed E-state index contributed by atoms with van der Waals surface area (Å²) in [5, 5.41) is -0.212. The van der Waals surface area contributed by atoms with Crippen molar-refractivity contribution in [2.45, 2.75) is 0 Å². The largest absolute Gasteiger partial charge is 0.755 e. The van der Waals surface area contributed by atoms with Crippen molar-refractivity contribution in [3.63, 3.8) is 0 Å². The van der Waals surface area contributed by atoms with Crippen molar-refractivity contribution in [1.82, 2.24) is 4.31 Å². The van der Waals surface area contributed by atoms with Crippen molar-refractivity contribution in [3.05, 3.63) is 42.1 Å². The summed E-state index contributed by atoms with van der Waals surface area (Å²) in [6, 6.07) is 9.23. The first-order chi connectivity index (χ1) is 7.11. The number of thiocarbonyl (C=S) groups is 1. The van der Waals surface area contributed by atoms with Crippen LogP contribution in [0.25, 0.3) is 6.08 Å². The molecule has 6 heteroatoms. The van der Waals surface area contributed by atoms with Crippen molar-refractivity contribution < 1.29 is 8.76 Å². The molecule has 80 valence electrons. The van der Waals surface area contributed by atoms with Crippen LogP contribution >= 0.6 is 12.2 Å². The molecule has 4 nitrogen and oxygen atoms in total. The summed E-state index contributed by atoms with van der Waals surface area (Å²) in [5.74, 6) is 0. The van der Waals surface area contributed by atoms with E-state index < -0.39 is 11.3 Å². The van der Waals surface area contributed by atoms with E-state index in [1.165, 1.54) is 6.20 Å². The minimum atomic E-state index is -2.48. The molecule has 1 unspecified atom stereocenters. The van der Waals surface area contributed by atoms with Gasteiger partial charge >= 0.3 is 0 Å². The first-order valence-corrected chi connectivity index (χ1v) is 5.46. The van der Waals surface area contributed by atoms with Crippen molar-refractivity contribution in [1.29, 1.82) is 0 Å². The molecule has 0 aliphatic rings. The molecule has 0 saturated heterocycles. The van der Waals surface area contributed by atoms with Gasteiger partial charge in [0, 0.05) is 6.20 Å². The van der Waals surface area contributed by atoms with E-state index in [2.05, 4.69) is 12.2 Å². The monoisotopic (exact) mass is 241 g/mol. The highest BCUT2D eigenvalue weighted by molar-refractivity contribution is 7.83. The standard InChI is InChI=1S/C9H10N2O2S2/c10-9(14)11(15(12)13)7-6-8-4-2-1-3-5-8/h1-7H,(H2,10,14)(H,12,13)/p-1. The van der Waals surface area contributed by atoms with Gasteiger partial charge in [0.2, 0.25) is 0 Å². The molecule has 0 heterocycles. The Morgan fingerprint density at radius 1 is 1.47 bits per heavy atom. The van der Waals surface area contributed by atoms with E-state index in [4.69, 9.17) is 5.73 Å². The average molecular weight is 241 g/mol. The number of benzene rings is 1. The van der Waals surface area contributed by atoms with Crippen molar-refractivity contribution in [2.75, 3.05) is 0 Å². The predicted molar refractivity (Wildman–Crippen MR) is 63.0 cm³/mol. The summed E-state index contributed by atoms with van der Waals surface area (Å²) in [6.45, 7) is 0. The lowest BCUT2D eigenvalue weighted by molar-refractivity contribution is 0.505. The van der Waals surface area contributed by atoms with E-state index in [-0.39, 0.29) is 5.11 Å². The molecule has 1 rings (SSSR count). The number of rotatable bonds is 3. The summed E-state index contributed by atoms with van der Waals surface area (Å²) in [6.07, 6.45) is 2.91. The van der Waals surface area contributed by atoms with Crippen LogP contribution in [-0.2, 0) is 11.3 Å². The molecule has 1 aromatic rings. The maximum atomic E-state index is 10.7. The van der Waals surface area contributed by atoms with Gasteiger partial charge in [-0.2, -0.15) is 0 Å². The molecule has 0 radical (unpaired) electrons. The van der Waals surface area contributed by atoms with E-state index in [1.807, 2.05) is 30.3 Å². The Bertz CT molecular complexity index is 378. The lowest BCUT2D eigenvalue weighted by atomic mass is 10.2. The van der Waals surface area contributed by atoms with Crippen LogP contribution in [0.1, 0.15) is 5.56 Å². The second-order valence-electron chi connectivity index (χ2n) is 2.61. The van der Waals surface area contributed by atoms with Crippen LogP contribution < -0.4 is 5.73 Å². The van der Waals surface area contributed by atoms with Crippen LogP contribution in [0.5, 0.6) is 0 Å². The molecule has 0 fully saturated rings. The van der Waals surface area contributed by atoms with Crippen LogP contribution in [-0.4, -0.2) is 18.2 Å². The van der Waals surface area contributed by atoms with Gasteiger partial charge in [0.1, 0.15) is 0 Å². The zero-order chi connectivity index (χ0) is 11.3. The third-order valence-electron chi connectivity index (χ3n) is 1.58. The first kappa shape index (κ1) is 11.8. The third kappa shape index (κ3) is 3.78. The number of nitrogens with zero attached hydrogens (tertiary/aromatic N) is 1. The number of hydrogen-bond donors (Lipinski definition) is 1. The molecule has 15 heavy (non-hydrogen) atoms. The van der Waals surface area contributed by atoms with Gasteiger partial charge in [-0.15, -0.1) is 0 Å². The van der Waals surface area contributed by atoms with Crippen LogP contribution in [0.2, 0.25) is 0 Å². The Balaban J connectivity index is 2.79. The Labute approximate surface area is 95.8 Å². The fourth-order valence-electron chi connectivity index (χ4n) is 0.915. The number of hydrogen-bond acceptors (Lipinski definition) is 3. The van der Waals surface area contributed by atoms with E-state index in [1.54, 1.807) is 6.08 Å². The molecule has 0 aliphatic heterocycles. The van der Waals surface area contributed by atoms with Crippen LogP contribution in [0.4, 0.5) is 0 Å². The number of nitrogens with two attached hydrogens (primary N) is 1. The molecule has 2 N–H and O–H groups in total. The highest BCUT2D eigenvalue weighted by atomic mass is 32.2. The Kier molecular flexibility index (Phi) is 4.41. The topological polar surface area (TPSA) is 69.4 Å². The fraction of sp³-hybridized carbons (Fsp3) is 0. The van der Waals surface area contributed by atoms with Gasteiger partial charge < -0.3 is 10.3 Å².